The standard InChI is InChI=1S/C11H12F3NO4S/c1-19-10(16)8-4-2-3-5-9(8)20(17,18)15-7-6-11(12,13)14/h2-5,15H,6-7H2,1H3. The Kier molecular flexibility index (Phi) is 5.12. The van der Waals surface area contributed by atoms with Crippen LogP contribution in [0.3, 0.4) is 0 Å². The molecule has 1 aromatic rings. The molecule has 0 aliphatic heterocycles. The summed E-state index contributed by atoms with van der Waals surface area (Å²) in [6.45, 7) is -0.804. The van der Waals surface area contributed by atoms with Crippen LogP contribution >= 0.6 is 0 Å². The molecule has 20 heavy (non-hydrogen) atoms. The molecular weight excluding hydrogens is 299 g/mol. The summed E-state index contributed by atoms with van der Waals surface area (Å²) in [5, 5.41) is 0. The number of carbonyl (C=O) groups is 1. The predicted molar refractivity (Wildman–Crippen MR) is 63.6 cm³/mol. The van der Waals surface area contributed by atoms with Crippen LogP contribution in [0.25, 0.3) is 0 Å². The molecule has 0 aromatic heterocycles. The van der Waals surface area contributed by atoms with Gasteiger partial charge in [0.25, 0.3) is 0 Å². The summed E-state index contributed by atoms with van der Waals surface area (Å²) in [4.78, 5) is 11.0. The van der Waals surface area contributed by atoms with Gasteiger partial charge in [-0.05, 0) is 12.1 Å². The number of hydrogen-bond acceptors (Lipinski definition) is 4. The third-order valence-corrected chi connectivity index (χ3v) is 3.80. The van der Waals surface area contributed by atoms with Crippen LogP contribution in [0.4, 0.5) is 13.2 Å². The number of rotatable bonds is 5. The molecule has 0 aliphatic carbocycles. The Balaban J connectivity index is 2.96. The molecule has 1 rings (SSSR count). The van der Waals surface area contributed by atoms with Gasteiger partial charge >= 0.3 is 12.1 Å². The molecule has 1 N–H and O–H groups in total. The van der Waals surface area contributed by atoms with Gasteiger partial charge < -0.3 is 4.74 Å². The number of sulfonamides is 1. The maximum atomic E-state index is 12.0. The highest BCUT2D eigenvalue weighted by molar-refractivity contribution is 7.89. The molecule has 5 nitrogen and oxygen atoms in total. The van der Waals surface area contributed by atoms with Crippen LogP contribution in [-0.2, 0) is 14.8 Å². The first kappa shape index (κ1) is 16.4. The van der Waals surface area contributed by atoms with Gasteiger partial charge in [-0.25, -0.2) is 17.9 Å². The topological polar surface area (TPSA) is 72.5 Å². The average molecular weight is 311 g/mol. The highest BCUT2D eigenvalue weighted by Gasteiger charge is 2.28. The number of methoxy groups -OCH3 is 1. The van der Waals surface area contributed by atoms with Crippen molar-refractivity contribution in [2.24, 2.45) is 0 Å². The van der Waals surface area contributed by atoms with Crippen molar-refractivity contribution in [2.75, 3.05) is 13.7 Å². The molecule has 0 atom stereocenters. The van der Waals surface area contributed by atoms with Gasteiger partial charge in [0.15, 0.2) is 0 Å². The summed E-state index contributed by atoms with van der Waals surface area (Å²) in [5.74, 6) is -0.887. The monoisotopic (exact) mass is 311 g/mol. The number of esters is 1. The zero-order valence-corrected chi connectivity index (χ0v) is 11.2. The van der Waals surface area contributed by atoms with Crippen molar-refractivity contribution in [3.63, 3.8) is 0 Å². The predicted octanol–water partition coefficient (Wildman–Crippen LogP) is 1.70. The quantitative estimate of drug-likeness (QED) is 0.840. The molecule has 112 valence electrons. The minimum absolute atomic E-state index is 0.241. The number of nitrogens with one attached hydrogen (secondary N) is 1. The van der Waals surface area contributed by atoms with E-state index in [9.17, 15) is 26.4 Å². The Labute approximate surface area is 113 Å². The third kappa shape index (κ3) is 4.49. The second-order valence-electron chi connectivity index (χ2n) is 3.75. The van der Waals surface area contributed by atoms with E-state index < -0.39 is 40.0 Å². The van der Waals surface area contributed by atoms with E-state index in [2.05, 4.69) is 4.74 Å². The second kappa shape index (κ2) is 6.23. The van der Waals surface area contributed by atoms with Crippen molar-refractivity contribution >= 4 is 16.0 Å². The number of benzene rings is 1. The Morgan fingerprint density at radius 1 is 1.30 bits per heavy atom. The molecular formula is C11H12F3NO4S. The smallest absolute Gasteiger partial charge is 0.390 e. The van der Waals surface area contributed by atoms with E-state index in [1.807, 2.05) is 0 Å². The second-order valence-corrected chi connectivity index (χ2v) is 5.49. The molecule has 0 bridgehead atoms. The first-order valence-corrected chi connectivity index (χ1v) is 6.89. The fourth-order valence-electron chi connectivity index (χ4n) is 1.38. The highest BCUT2D eigenvalue weighted by atomic mass is 32.2. The minimum Gasteiger partial charge on any atom is -0.465 e. The van der Waals surface area contributed by atoms with Crippen molar-refractivity contribution in [1.82, 2.24) is 4.72 Å². The van der Waals surface area contributed by atoms with Crippen molar-refractivity contribution in [2.45, 2.75) is 17.5 Å². The summed E-state index contributed by atoms with van der Waals surface area (Å²) in [5.41, 5.74) is -0.241. The SMILES string of the molecule is COC(=O)c1ccccc1S(=O)(=O)NCCC(F)(F)F. The van der Waals surface area contributed by atoms with E-state index >= 15 is 0 Å². The summed E-state index contributed by atoms with van der Waals surface area (Å²) >= 11 is 0. The van der Waals surface area contributed by atoms with Gasteiger partial charge in [0, 0.05) is 6.54 Å². The van der Waals surface area contributed by atoms with E-state index in [1.165, 1.54) is 18.2 Å². The largest absolute Gasteiger partial charge is 0.465 e. The summed E-state index contributed by atoms with van der Waals surface area (Å²) in [6, 6.07) is 5.10. The van der Waals surface area contributed by atoms with Crippen LogP contribution in [0, 0.1) is 0 Å². The van der Waals surface area contributed by atoms with Gasteiger partial charge in [-0.2, -0.15) is 13.2 Å². The molecule has 0 amide bonds. The Morgan fingerprint density at radius 3 is 2.45 bits per heavy atom. The lowest BCUT2D eigenvalue weighted by molar-refractivity contribution is -0.132. The zero-order chi connectivity index (χ0) is 15.4. The fourth-order valence-corrected chi connectivity index (χ4v) is 2.61. The van der Waals surface area contributed by atoms with Gasteiger partial charge in [-0.15, -0.1) is 0 Å². The zero-order valence-electron chi connectivity index (χ0n) is 10.4. The van der Waals surface area contributed by atoms with E-state index in [0.29, 0.717) is 0 Å². The molecule has 0 saturated carbocycles. The normalized spacial score (nSPS) is 12.2. The highest BCUT2D eigenvalue weighted by Crippen LogP contribution is 2.20. The van der Waals surface area contributed by atoms with Crippen LogP contribution < -0.4 is 4.72 Å². The number of alkyl halides is 3. The fraction of sp³-hybridized carbons (Fsp3) is 0.364. The van der Waals surface area contributed by atoms with Gasteiger partial charge in [-0.3, -0.25) is 0 Å². The van der Waals surface area contributed by atoms with E-state index in [4.69, 9.17) is 0 Å². The summed E-state index contributed by atoms with van der Waals surface area (Å²) in [7, 11) is -3.15. The first-order chi connectivity index (χ1) is 9.17. The summed E-state index contributed by atoms with van der Waals surface area (Å²) < 4.78 is 65.9. The van der Waals surface area contributed by atoms with Gasteiger partial charge in [0.1, 0.15) is 0 Å². The minimum atomic E-state index is -4.47. The lowest BCUT2D eigenvalue weighted by Crippen LogP contribution is -2.29. The summed E-state index contributed by atoms with van der Waals surface area (Å²) in [6.07, 6.45) is -5.77. The van der Waals surface area contributed by atoms with E-state index in [1.54, 1.807) is 4.72 Å². The van der Waals surface area contributed by atoms with Crippen LogP contribution in [-0.4, -0.2) is 34.2 Å². The van der Waals surface area contributed by atoms with Crippen molar-refractivity contribution in [3.05, 3.63) is 29.8 Å². The molecule has 1 aromatic carbocycles. The Morgan fingerprint density at radius 2 is 1.90 bits per heavy atom. The molecule has 0 unspecified atom stereocenters. The number of ether oxygens (including phenoxy) is 1. The Bertz CT molecular complexity index is 584. The van der Waals surface area contributed by atoms with Crippen molar-refractivity contribution in [1.29, 1.82) is 0 Å². The average Bonchev–Trinajstić information content (AvgIpc) is 2.36. The van der Waals surface area contributed by atoms with Crippen LogP contribution in [0.15, 0.2) is 29.2 Å². The molecule has 9 heteroatoms. The number of hydrogen-bond donors (Lipinski definition) is 1. The Hall–Kier alpha value is -1.61. The maximum absolute atomic E-state index is 12.0. The number of halogens is 3. The lowest BCUT2D eigenvalue weighted by Gasteiger charge is -2.11. The molecule has 0 heterocycles. The van der Waals surface area contributed by atoms with Gasteiger partial charge in [-0.1, -0.05) is 12.1 Å². The van der Waals surface area contributed by atoms with Crippen molar-refractivity contribution < 1.29 is 31.1 Å². The van der Waals surface area contributed by atoms with Crippen molar-refractivity contribution in [3.8, 4) is 0 Å². The van der Waals surface area contributed by atoms with Crippen LogP contribution in [0.5, 0.6) is 0 Å². The van der Waals surface area contributed by atoms with E-state index in [-0.39, 0.29) is 5.56 Å². The molecule has 0 saturated heterocycles. The van der Waals surface area contributed by atoms with Gasteiger partial charge in [0.2, 0.25) is 10.0 Å². The van der Waals surface area contributed by atoms with E-state index in [0.717, 1.165) is 13.2 Å². The first-order valence-electron chi connectivity index (χ1n) is 5.41. The molecule has 0 spiro atoms. The van der Waals surface area contributed by atoms with Gasteiger partial charge in [0.05, 0.1) is 24.0 Å². The molecule has 0 aliphatic rings. The van der Waals surface area contributed by atoms with Crippen LogP contribution in [0.1, 0.15) is 16.8 Å². The number of carbonyl (C=O) groups excluding carboxylic acids is 1. The maximum Gasteiger partial charge on any atom is 0.390 e. The third-order valence-electron chi connectivity index (χ3n) is 2.28. The molecule has 0 fully saturated rings. The lowest BCUT2D eigenvalue weighted by atomic mass is 10.2. The molecule has 0 radical (unpaired) electrons. The van der Waals surface area contributed by atoms with Crippen LogP contribution in [0.2, 0.25) is 0 Å².